The van der Waals surface area contributed by atoms with Gasteiger partial charge >= 0.3 is 5.97 Å². The lowest BCUT2D eigenvalue weighted by molar-refractivity contribution is -0.267. The molecule has 0 radical (unpaired) electrons. The van der Waals surface area contributed by atoms with E-state index in [1.807, 2.05) is 54.7 Å². The van der Waals surface area contributed by atoms with Gasteiger partial charge in [0.2, 0.25) is 0 Å². The number of aliphatic hydroxyl groups excluding tert-OH is 1. The third-order valence-electron chi connectivity index (χ3n) is 3.42. The van der Waals surface area contributed by atoms with E-state index in [4.69, 9.17) is 10.4 Å². The van der Waals surface area contributed by atoms with Crippen molar-refractivity contribution in [1.29, 1.82) is 0 Å². The van der Waals surface area contributed by atoms with E-state index < -0.39 is 18.2 Å². The van der Waals surface area contributed by atoms with Crippen LogP contribution in [0.3, 0.4) is 0 Å². The lowest BCUT2D eigenvalue weighted by Gasteiger charge is -2.05. The molecule has 0 aromatic rings. The highest BCUT2D eigenvalue weighted by Gasteiger charge is 2.06. The number of hydrogen-bond acceptors (Lipinski definition) is 4. The highest BCUT2D eigenvalue weighted by atomic mass is 17.1. The van der Waals surface area contributed by atoms with Crippen molar-refractivity contribution in [3.8, 4) is 0 Å². The topological polar surface area (TPSA) is 87.0 Å². The van der Waals surface area contributed by atoms with Crippen molar-refractivity contribution in [2.45, 2.75) is 57.7 Å². The average Bonchev–Trinajstić information content (AvgIpc) is 2.65. The Morgan fingerprint density at radius 3 is 2.11 bits per heavy atom. The van der Waals surface area contributed by atoms with Gasteiger partial charge in [0.25, 0.3) is 0 Å². The molecule has 0 saturated heterocycles. The zero-order valence-corrected chi connectivity index (χ0v) is 16.0. The highest BCUT2D eigenvalue weighted by molar-refractivity contribution is 5.66. The Labute approximate surface area is 162 Å². The zero-order chi connectivity index (χ0) is 20.2. The number of aliphatic hydroxyl groups is 1. The molecular weight excluding hydrogens is 344 g/mol. The van der Waals surface area contributed by atoms with Crippen LogP contribution in [0.25, 0.3) is 0 Å². The Balaban J connectivity index is 3.90. The van der Waals surface area contributed by atoms with Crippen LogP contribution in [0.15, 0.2) is 72.9 Å². The van der Waals surface area contributed by atoms with E-state index in [0.717, 1.165) is 19.3 Å². The number of carboxylic acids is 1. The first-order valence-electron chi connectivity index (χ1n) is 9.26. The van der Waals surface area contributed by atoms with E-state index in [1.54, 1.807) is 18.2 Å². The third-order valence-corrected chi connectivity index (χ3v) is 3.42. The molecule has 0 aliphatic carbocycles. The zero-order valence-electron chi connectivity index (χ0n) is 16.0. The van der Waals surface area contributed by atoms with Crippen LogP contribution in [-0.2, 0) is 9.68 Å². The molecular formula is C22H32O5. The van der Waals surface area contributed by atoms with Gasteiger partial charge in [-0.05, 0) is 32.1 Å². The third kappa shape index (κ3) is 18.4. The van der Waals surface area contributed by atoms with Crippen LogP contribution in [0, 0.1) is 0 Å². The molecule has 0 aromatic heterocycles. The SMILES string of the molecule is CC/C=C\C[C@H](O)/C=C/C=C\C/C=C\C/C=C\C=C\C(CCC(=O)O)OO. The summed E-state index contributed by atoms with van der Waals surface area (Å²) in [5.41, 5.74) is 0. The van der Waals surface area contributed by atoms with Crippen LogP contribution in [-0.4, -0.2) is 33.6 Å². The Hall–Kier alpha value is -2.21. The minimum atomic E-state index is -0.920. The summed E-state index contributed by atoms with van der Waals surface area (Å²) in [6, 6.07) is 0. The number of aliphatic carboxylic acids is 1. The molecule has 1 unspecified atom stereocenters. The molecule has 27 heavy (non-hydrogen) atoms. The van der Waals surface area contributed by atoms with Crippen molar-refractivity contribution in [1.82, 2.24) is 0 Å². The van der Waals surface area contributed by atoms with Gasteiger partial charge in [0.15, 0.2) is 0 Å². The van der Waals surface area contributed by atoms with Gasteiger partial charge < -0.3 is 10.2 Å². The fraction of sp³-hybridized carbons (Fsp3) is 0.409. The molecule has 0 aliphatic heterocycles. The normalized spacial score (nSPS) is 15.4. The van der Waals surface area contributed by atoms with Crippen molar-refractivity contribution in [2.24, 2.45) is 0 Å². The van der Waals surface area contributed by atoms with E-state index in [-0.39, 0.29) is 12.8 Å². The fourth-order valence-corrected chi connectivity index (χ4v) is 1.98. The second-order valence-electron chi connectivity index (χ2n) is 5.83. The van der Waals surface area contributed by atoms with Crippen LogP contribution >= 0.6 is 0 Å². The molecule has 150 valence electrons. The van der Waals surface area contributed by atoms with E-state index in [0.29, 0.717) is 6.42 Å². The van der Waals surface area contributed by atoms with Gasteiger partial charge in [0.1, 0.15) is 6.10 Å². The minimum absolute atomic E-state index is 0.0560. The van der Waals surface area contributed by atoms with E-state index in [2.05, 4.69) is 11.8 Å². The lowest BCUT2D eigenvalue weighted by atomic mass is 10.2. The van der Waals surface area contributed by atoms with Crippen LogP contribution < -0.4 is 0 Å². The number of rotatable bonds is 15. The van der Waals surface area contributed by atoms with Crippen LogP contribution in [0.5, 0.6) is 0 Å². The molecule has 0 fully saturated rings. The van der Waals surface area contributed by atoms with Crippen molar-refractivity contribution < 1.29 is 25.2 Å². The van der Waals surface area contributed by atoms with Gasteiger partial charge in [-0.1, -0.05) is 79.8 Å². The molecule has 0 saturated carbocycles. The maximum atomic E-state index is 10.5. The smallest absolute Gasteiger partial charge is 0.303 e. The monoisotopic (exact) mass is 376 g/mol. The second kappa shape index (κ2) is 18.6. The van der Waals surface area contributed by atoms with Gasteiger partial charge in [-0.25, -0.2) is 4.89 Å². The maximum Gasteiger partial charge on any atom is 0.303 e. The summed E-state index contributed by atoms with van der Waals surface area (Å²) in [7, 11) is 0. The van der Waals surface area contributed by atoms with E-state index >= 15 is 0 Å². The molecule has 5 nitrogen and oxygen atoms in total. The quantitative estimate of drug-likeness (QED) is 0.162. The Kier molecular flexibility index (Phi) is 17.1. The van der Waals surface area contributed by atoms with Gasteiger partial charge in [-0.15, -0.1) is 0 Å². The average molecular weight is 376 g/mol. The van der Waals surface area contributed by atoms with Gasteiger partial charge in [0.05, 0.1) is 6.10 Å². The molecule has 0 amide bonds. The van der Waals surface area contributed by atoms with Crippen molar-refractivity contribution in [3.63, 3.8) is 0 Å². The van der Waals surface area contributed by atoms with Crippen LogP contribution in [0.2, 0.25) is 0 Å². The highest BCUT2D eigenvalue weighted by Crippen LogP contribution is 2.03. The lowest BCUT2D eigenvalue weighted by Crippen LogP contribution is -2.09. The first-order chi connectivity index (χ1) is 13.1. The van der Waals surface area contributed by atoms with Gasteiger partial charge in [-0.2, -0.15) is 0 Å². The van der Waals surface area contributed by atoms with Gasteiger partial charge in [0, 0.05) is 6.42 Å². The second-order valence-corrected chi connectivity index (χ2v) is 5.83. The van der Waals surface area contributed by atoms with Gasteiger partial charge in [-0.3, -0.25) is 10.1 Å². The molecule has 0 aromatic carbocycles. The fourth-order valence-electron chi connectivity index (χ4n) is 1.98. The molecule has 2 atom stereocenters. The summed E-state index contributed by atoms with van der Waals surface area (Å²) in [5, 5.41) is 26.9. The Bertz CT molecular complexity index is 541. The number of carbonyl (C=O) groups is 1. The molecule has 0 rings (SSSR count). The first kappa shape index (κ1) is 24.8. The molecule has 5 heteroatoms. The molecule has 0 heterocycles. The molecule has 0 spiro atoms. The summed E-state index contributed by atoms with van der Waals surface area (Å²) in [6.07, 6.45) is 25.1. The number of carboxylic acid groups (broad SMARTS) is 1. The predicted molar refractivity (Wildman–Crippen MR) is 109 cm³/mol. The largest absolute Gasteiger partial charge is 0.481 e. The van der Waals surface area contributed by atoms with Crippen LogP contribution in [0.1, 0.15) is 45.4 Å². The van der Waals surface area contributed by atoms with Crippen molar-refractivity contribution in [3.05, 3.63) is 72.9 Å². The predicted octanol–water partition coefficient (Wildman–Crippen LogP) is 4.99. The molecule has 0 bridgehead atoms. The first-order valence-corrected chi connectivity index (χ1v) is 9.26. The van der Waals surface area contributed by atoms with E-state index in [1.165, 1.54) is 0 Å². The Morgan fingerprint density at radius 2 is 1.56 bits per heavy atom. The summed E-state index contributed by atoms with van der Waals surface area (Å²) >= 11 is 0. The standard InChI is InChI=1S/C22H32O5/c1-2-3-12-15-20(23)16-13-10-8-6-4-5-7-9-11-14-17-21(27-26)18-19-22(24)25/h3-5,8-14,16-17,20-21,23,26H,2,6-7,15,18-19H2,1H3,(H,24,25)/b5-4-,10-8-,11-9-,12-3-,16-13+,17-14+/t20-,21?/m0/s1. The summed E-state index contributed by atoms with van der Waals surface area (Å²) in [6.45, 7) is 2.06. The molecule has 0 aliphatic rings. The minimum Gasteiger partial charge on any atom is -0.481 e. The van der Waals surface area contributed by atoms with Crippen LogP contribution in [0.4, 0.5) is 0 Å². The number of hydrogen-bond donors (Lipinski definition) is 3. The summed E-state index contributed by atoms with van der Waals surface area (Å²) in [5.74, 6) is -0.920. The maximum absolute atomic E-state index is 10.5. The molecule has 3 N–H and O–H groups in total. The Morgan fingerprint density at radius 1 is 0.926 bits per heavy atom. The van der Waals surface area contributed by atoms with Crippen molar-refractivity contribution >= 4 is 5.97 Å². The summed E-state index contributed by atoms with van der Waals surface area (Å²) in [4.78, 5) is 14.7. The van der Waals surface area contributed by atoms with Crippen molar-refractivity contribution in [2.75, 3.05) is 0 Å². The number of allylic oxidation sites excluding steroid dienone is 9. The van der Waals surface area contributed by atoms with E-state index in [9.17, 15) is 9.90 Å². The summed E-state index contributed by atoms with van der Waals surface area (Å²) < 4.78 is 0.